The van der Waals surface area contributed by atoms with E-state index >= 15 is 0 Å². The molecule has 2 aliphatic heterocycles. The van der Waals surface area contributed by atoms with Gasteiger partial charge in [-0.1, -0.05) is 6.42 Å². The molecule has 0 aliphatic carbocycles. The van der Waals surface area contributed by atoms with Gasteiger partial charge in [0.05, 0.1) is 0 Å². The fourth-order valence-corrected chi connectivity index (χ4v) is 2.80. The summed E-state index contributed by atoms with van der Waals surface area (Å²) >= 11 is 0. The van der Waals surface area contributed by atoms with E-state index in [9.17, 15) is 0 Å². The number of rotatable bonds is 0. The SMILES string of the molecule is [B]N1CCC2(CCCCN2C)CC1. The van der Waals surface area contributed by atoms with Gasteiger partial charge in [-0.25, -0.2) is 0 Å². The van der Waals surface area contributed by atoms with Crippen molar-refractivity contribution < 1.29 is 0 Å². The molecule has 0 bridgehead atoms. The Morgan fingerprint density at radius 2 is 1.69 bits per heavy atom. The standard InChI is InChI=1S/C10H19BN2/c1-12-7-3-2-4-10(12)5-8-13(11)9-6-10/h2-9H2,1H3. The molecule has 2 heterocycles. The first kappa shape index (κ1) is 9.54. The highest BCUT2D eigenvalue weighted by molar-refractivity contribution is 6.04. The van der Waals surface area contributed by atoms with Gasteiger partial charge in [-0.05, 0) is 52.4 Å². The summed E-state index contributed by atoms with van der Waals surface area (Å²) in [7, 11) is 8.07. The van der Waals surface area contributed by atoms with Gasteiger partial charge in [0.15, 0.2) is 7.98 Å². The van der Waals surface area contributed by atoms with E-state index in [-0.39, 0.29) is 0 Å². The molecule has 2 rings (SSSR count). The van der Waals surface area contributed by atoms with Crippen molar-refractivity contribution in [2.75, 3.05) is 26.7 Å². The molecular formula is C10H19BN2. The molecule has 72 valence electrons. The van der Waals surface area contributed by atoms with Crippen LogP contribution in [0.2, 0.25) is 0 Å². The van der Waals surface area contributed by atoms with Gasteiger partial charge in [0, 0.05) is 5.54 Å². The number of hydrogen-bond acceptors (Lipinski definition) is 2. The molecule has 2 nitrogen and oxygen atoms in total. The minimum atomic E-state index is 0.508. The Bertz CT molecular complexity index is 176. The summed E-state index contributed by atoms with van der Waals surface area (Å²) in [6.07, 6.45) is 6.71. The largest absolute Gasteiger partial charge is 0.353 e. The summed E-state index contributed by atoms with van der Waals surface area (Å²) in [4.78, 5) is 4.54. The molecule has 0 aromatic rings. The summed E-state index contributed by atoms with van der Waals surface area (Å²) in [5.74, 6) is 0. The normalized spacial score (nSPS) is 30.8. The van der Waals surface area contributed by atoms with Crippen LogP contribution in [0.4, 0.5) is 0 Å². The van der Waals surface area contributed by atoms with Crippen molar-refractivity contribution in [2.45, 2.75) is 37.6 Å². The van der Waals surface area contributed by atoms with Crippen molar-refractivity contribution in [3.05, 3.63) is 0 Å². The highest BCUT2D eigenvalue weighted by atomic mass is 15.2. The second-order valence-corrected chi connectivity index (χ2v) is 4.64. The van der Waals surface area contributed by atoms with Crippen LogP contribution >= 0.6 is 0 Å². The lowest BCUT2D eigenvalue weighted by molar-refractivity contribution is 0.0282. The first-order valence-corrected chi connectivity index (χ1v) is 5.44. The van der Waals surface area contributed by atoms with Crippen LogP contribution < -0.4 is 0 Å². The van der Waals surface area contributed by atoms with E-state index in [1.54, 1.807) is 0 Å². The van der Waals surface area contributed by atoms with Crippen molar-refractivity contribution in [1.82, 2.24) is 9.71 Å². The lowest BCUT2D eigenvalue weighted by Crippen LogP contribution is -2.55. The summed E-state index contributed by atoms with van der Waals surface area (Å²) in [6, 6.07) is 0. The number of piperidine rings is 2. The molecule has 0 unspecified atom stereocenters. The molecule has 13 heavy (non-hydrogen) atoms. The van der Waals surface area contributed by atoms with Crippen molar-refractivity contribution in [2.24, 2.45) is 0 Å². The Balaban J connectivity index is 2.01. The van der Waals surface area contributed by atoms with E-state index in [1.165, 1.54) is 38.6 Å². The Morgan fingerprint density at radius 1 is 1.00 bits per heavy atom. The summed E-state index contributed by atoms with van der Waals surface area (Å²) in [5, 5.41) is 0. The van der Waals surface area contributed by atoms with Gasteiger partial charge in [-0.2, -0.15) is 0 Å². The molecule has 3 heteroatoms. The third-order valence-electron chi connectivity index (χ3n) is 3.92. The van der Waals surface area contributed by atoms with Gasteiger partial charge in [0.25, 0.3) is 0 Å². The molecule has 0 aromatic heterocycles. The van der Waals surface area contributed by atoms with E-state index in [1.807, 2.05) is 4.81 Å². The first-order chi connectivity index (χ1) is 6.23. The minimum Gasteiger partial charge on any atom is -0.353 e. The fraction of sp³-hybridized carbons (Fsp3) is 1.00. The van der Waals surface area contributed by atoms with Crippen LogP contribution in [0.1, 0.15) is 32.1 Å². The predicted octanol–water partition coefficient (Wildman–Crippen LogP) is 1.02. The van der Waals surface area contributed by atoms with Crippen molar-refractivity contribution in [1.29, 1.82) is 0 Å². The average molecular weight is 178 g/mol. The number of likely N-dealkylation sites (tertiary alicyclic amines) is 1. The van der Waals surface area contributed by atoms with Crippen molar-refractivity contribution in [3.8, 4) is 0 Å². The Hall–Kier alpha value is -0.0151. The molecule has 2 saturated heterocycles. The molecule has 2 aliphatic rings. The van der Waals surface area contributed by atoms with Crippen LogP contribution in [0.25, 0.3) is 0 Å². The number of hydrogen-bond donors (Lipinski definition) is 0. The van der Waals surface area contributed by atoms with Crippen LogP contribution in [0, 0.1) is 0 Å². The van der Waals surface area contributed by atoms with E-state index in [4.69, 9.17) is 7.98 Å². The van der Waals surface area contributed by atoms with Gasteiger partial charge in [-0.3, -0.25) is 0 Å². The van der Waals surface area contributed by atoms with Gasteiger partial charge in [0.2, 0.25) is 0 Å². The van der Waals surface area contributed by atoms with Gasteiger partial charge >= 0.3 is 0 Å². The summed E-state index contributed by atoms with van der Waals surface area (Å²) in [5.41, 5.74) is 0.508. The smallest absolute Gasteiger partial charge is 0.182 e. The molecule has 0 saturated carbocycles. The Labute approximate surface area is 82.7 Å². The first-order valence-electron chi connectivity index (χ1n) is 5.44. The van der Waals surface area contributed by atoms with E-state index in [2.05, 4.69) is 11.9 Å². The van der Waals surface area contributed by atoms with Crippen LogP contribution in [0.5, 0.6) is 0 Å². The zero-order valence-electron chi connectivity index (χ0n) is 8.63. The lowest BCUT2D eigenvalue weighted by Gasteiger charge is -2.50. The van der Waals surface area contributed by atoms with E-state index < -0.39 is 0 Å². The minimum absolute atomic E-state index is 0.508. The maximum atomic E-state index is 5.78. The molecule has 0 N–H and O–H groups in total. The van der Waals surface area contributed by atoms with Crippen LogP contribution in [-0.4, -0.2) is 49.9 Å². The highest BCUT2D eigenvalue weighted by Crippen LogP contribution is 2.35. The molecule has 2 fully saturated rings. The predicted molar refractivity (Wildman–Crippen MR) is 55.8 cm³/mol. The highest BCUT2D eigenvalue weighted by Gasteiger charge is 2.38. The zero-order valence-corrected chi connectivity index (χ0v) is 8.63. The Kier molecular flexibility index (Phi) is 2.66. The third-order valence-corrected chi connectivity index (χ3v) is 3.92. The van der Waals surface area contributed by atoms with Gasteiger partial charge in [0.1, 0.15) is 0 Å². The topological polar surface area (TPSA) is 6.48 Å². The molecule has 0 aromatic carbocycles. The van der Waals surface area contributed by atoms with E-state index in [0.29, 0.717) is 5.54 Å². The summed E-state index contributed by atoms with van der Waals surface area (Å²) in [6.45, 7) is 3.43. The fourth-order valence-electron chi connectivity index (χ4n) is 2.80. The van der Waals surface area contributed by atoms with Gasteiger partial charge in [-0.15, -0.1) is 0 Å². The number of nitrogens with zero attached hydrogens (tertiary/aromatic N) is 2. The van der Waals surface area contributed by atoms with Crippen molar-refractivity contribution >= 4 is 7.98 Å². The molecule has 0 amide bonds. The maximum Gasteiger partial charge on any atom is 0.182 e. The molecule has 1 spiro atoms. The molecule has 2 radical (unpaired) electrons. The average Bonchev–Trinajstić information content (AvgIpc) is 2.15. The quantitative estimate of drug-likeness (QED) is 0.511. The maximum absolute atomic E-state index is 5.78. The lowest BCUT2D eigenvalue weighted by atomic mass is 9.78. The summed E-state index contributed by atoms with van der Waals surface area (Å²) < 4.78 is 0. The second kappa shape index (κ2) is 3.62. The van der Waals surface area contributed by atoms with Crippen LogP contribution in [0.15, 0.2) is 0 Å². The van der Waals surface area contributed by atoms with Crippen LogP contribution in [0.3, 0.4) is 0 Å². The van der Waals surface area contributed by atoms with Crippen molar-refractivity contribution in [3.63, 3.8) is 0 Å². The van der Waals surface area contributed by atoms with E-state index in [0.717, 1.165) is 13.1 Å². The van der Waals surface area contributed by atoms with Crippen LogP contribution in [-0.2, 0) is 0 Å². The Morgan fingerprint density at radius 3 is 2.31 bits per heavy atom. The molecule has 0 atom stereocenters. The third kappa shape index (κ3) is 1.77. The molecular weight excluding hydrogens is 159 g/mol. The zero-order chi connectivity index (χ0) is 9.31. The second-order valence-electron chi connectivity index (χ2n) is 4.64. The van der Waals surface area contributed by atoms with Gasteiger partial charge < -0.3 is 9.71 Å². The monoisotopic (exact) mass is 178 g/mol.